The van der Waals surface area contributed by atoms with Crippen molar-refractivity contribution >= 4 is 27.5 Å². The van der Waals surface area contributed by atoms with Crippen LogP contribution in [0.25, 0.3) is 0 Å². The summed E-state index contributed by atoms with van der Waals surface area (Å²) in [6.07, 6.45) is 6.65. The first-order chi connectivity index (χ1) is 7.27. The standard InChI is InChI=1S/C12H13BrClN/c13-11-6-5-9(14)8-10(11)12-4-2-1-3-7-15-12/h1,3,5-6,8,12,15H,2,4,7H2. The summed E-state index contributed by atoms with van der Waals surface area (Å²) in [7, 11) is 0. The lowest BCUT2D eigenvalue weighted by Gasteiger charge is -2.18. The Hall–Kier alpha value is -0.310. The highest BCUT2D eigenvalue weighted by Crippen LogP contribution is 2.29. The predicted octanol–water partition coefficient (Wildman–Crippen LogP) is 4.08. The van der Waals surface area contributed by atoms with Crippen molar-refractivity contribution in [2.45, 2.75) is 18.9 Å². The molecule has 1 heterocycles. The van der Waals surface area contributed by atoms with Crippen LogP contribution in [-0.4, -0.2) is 6.54 Å². The second kappa shape index (κ2) is 5.15. The van der Waals surface area contributed by atoms with Gasteiger partial charge in [-0.25, -0.2) is 0 Å². The molecule has 0 aromatic heterocycles. The van der Waals surface area contributed by atoms with Gasteiger partial charge < -0.3 is 5.32 Å². The summed E-state index contributed by atoms with van der Waals surface area (Å²) < 4.78 is 1.13. The second-order valence-corrected chi connectivity index (χ2v) is 4.97. The Bertz CT molecular complexity index is 366. The number of halogens is 2. The highest BCUT2D eigenvalue weighted by atomic mass is 79.9. The van der Waals surface area contributed by atoms with E-state index >= 15 is 0 Å². The summed E-state index contributed by atoms with van der Waals surface area (Å²) >= 11 is 9.59. The minimum absolute atomic E-state index is 0.396. The first-order valence-electron chi connectivity index (χ1n) is 5.10. The van der Waals surface area contributed by atoms with E-state index in [0.717, 1.165) is 28.9 Å². The largest absolute Gasteiger partial charge is 0.306 e. The molecule has 1 aliphatic heterocycles. The van der Waals surface area contributed by atoms with E-state index in [-0.39, 0.29) is 0 Å². The van der Waals surface area contributed by atoms with E-state index in [1.54, 1.807) is 0 Å². The molecule has 1 nitrogen and oxygen atoms in total. The molecule has 0 radical (unpaired) electrons. The van der Waals surface area contributed by atoms with Crippen LogP contribution in [0.15, 0.2) is 34.8 Å². The van der Waals surface area contributed by atoms with Crippen molar-refractivity contribution in [3.05, 3.63) is 45.4 Å². The first kappa shape index (κ1) is 11.2. The van der Waals surface area contributed by atoms with E-state index in [4.69, 9.17) is 11.6 Å². The Labute approximate surface area is 104 Å². The molecular formula is C12H13BrClN. The zero-order chi connectivity index (χ0) is 10.7. The molecule has 1 atom stereocenters. The third-order valence-corrected chi connectivity index (χ3v) is 3.56. The van der Waals surface area contributed by atoms with Gasteiger partial charge in [-0.05, 0) is 36.6 Å². The number of nitrogens with one attached hydrogen (secondary N) is 1. The van der Waals surface area contributed by atoms with Crippen molar-refractivity contribution in [3.63, 3.8) is 0 Å². The summed E-state index contributed by atoms with van der Waals surface area (Å²) in [5.74, 6) is 0. The topological polar surface area (TPSA) is 12.0 Å². The Kier molecular flexibility index (Phi) is 3.84. The average molecular weight is 287 g/mol. The van der Waals surface area contributed by atoms with Crippen LogP contribution in [-0.2, 0) is 0 Å². The van der Waals surface area contributed by atoms with Crippen LogP contribution in [0, 0.1) is 0 Å². The van der Waals surface area contributed by atoms with Gasteiger partial charge in [-0.2, -0.15) is 0 Å². The van der Waals surface area contributed by atoms with Crippen LogP contribution in [0.2, 0.25) is 5.02 Å². The van der Waals surface area contributed by atoms with E-state index in [1.807, 2.05) is 18.2 Å². The molecule has 1 unspecified atom stereocenters. The maximum absolute atomic E-state index is 6.01. The fraction of sp³-hybridized carbons (Fsp3) is 0.333. The van der Waals surface area contributed by atoms with Gasteiger partial charge in [-0.15, -0.1) is 0 Å². The molecule has 15 heavy (non-hydrogen) atoms. The molecule has 0 aliphatic carbocycles. The van der Waals surface area contributed by atoms with Crippen LogP contribution in [0.1, 0.15) is 24.4 Å². The van der Waals surface area contributed by atoms with Crippen molar-refractivity contribution < 1.29 is 0 Å². The lowest BCUT2D eigenvalue weighted by molar-refractivity contribution is 0.542. The molecule has 0 spiro atoms. The second-order valence-electron chi connectivity index (χ2n) is 3.68. The number of hydrogen-bond donors (Lipinski definition) is 1. The smallest absolute Gasteiger partial charge is 0.0410 e. The van der Waals surface area contributed by atoms with Crippen LogP contribution in [0.3, 0.4) is 0 Å². The van der Waals surface area contributed by atoms with Crippen molar-refractivity contribution in [1.82, 2.24) is 5.32 Å². The van der Waals surface area contributed by atoms with Gasteiger partial charge in [0.05, 0.1) is 0 Å². The van der Waals surface area contributed by atoms with Gasteiger partial charge >= 0.3 is 0 Å². The van der Waals surface area contributed by atoms with Gasteiger partial charge in [0.1, 0.15) is 0 Å². The minimum atomic E-state index is 0.396. The third-order valence-electron chi connectivity index (χ3n) is 2.60. The molecule has 0 amide bonds. The number of rotatable bonds is 1. The van der Waals surface area contributed by atoms with Crippen LogP contribution in [0.4, 0.5) is 0 Å². The van der Waals surface area contributed by atoms with E-state index in [0.29, 0.717) is 6.04 Å². The normalized spacial score (nSPS) is 21.3. The molecular weight excluding hydrogens is 273 g/mol. The van der Waals surface area contributed by atoms with Crippen molar-refractivity contribution in [1.29, 1.82) is 0 Å². The Morgan fingerprint density at radius 2 is 2.20 bits per heavy atom. The van der Waals surface area contributed by atoms with Gasteiger partial charge in [0.25, 0.3) is 0 Å². The van der Waals surface area contributed by atoms with Gasteiger partial charge in [-0.1, -0.05) is 39.7 Å². The van der Waals surface area contributed by atoms with Crippen LogP contribution in [0.5, 0.6) is 0 Å². The van der Waals surface area contributed by atoms with E-state index in [1.165, 1.54) is 5.56 Å². The molecule has 2 rings (SSSR count). The predicted molar refractivity (Wildman–Crippen MR) is 68.3 cm³/mol. The molecule has 1 aromatic rings. The van der Waals surface area contributed by atoms with Crippen molar-refractivity contribution in [2.24, 2.45) is 0 Å². The number of benzene rings is 1. The average Bonchev–Trinajstić information content (AvgIpc) is 2.50. The molecule has 0 fully saturated rings. The molecule has 0 saturated carbocycles. The highest BCUT2D eigenvalue weighted by molar-refractivity contribution is 9.10. The van der Waals surface area contributed by atoms with E-state index in [2.05, 4.69) is 33.4 Å². The molecule has 0 saturated heterocycles. The molecule has 1 aliphatic rings. The van der Waals surface area contributed by atoms with Crippen molar-refractivity contribution in [2.75, 3.05) is 6.54 Å². The lowest BCUT2D eigenvalue weighted by atomic mass is 10.0. The Balaban J connectivity index is 2.24. The Morgan fingerprint density at radius 3 is 3.07 bits per heavy atom. The van der Waals surface area contributed by atoms with Crippen LogP contribution >= 0.6 is 27.5 Å². The summed E-state index contributed by atoms with van der Waals surface area (Å²) in [5, 5.41) is 4.29. The Morgan fingerprint density at radius 1 is 1.33 bits per heavy atom. The number of allylic oxidation sites excluding steroid dienone is 1. The molecule has 0 bridgehead atoms. The summed E-state index contributed by atoms with van der Waals surface area (Å²) in [6, 6.07) is 6.35. The monoisotopic (exact) mass is 285 g/mol. The molecule has 3 heteroatoms. The quantitative estimate of drug-likeness (QED) is 0.767. The molecule has 80 valence electrons. The minimum Gasteiger partial charge on any atom is -0.306 e. The summed E-state index contributed by atoms with van der Waals surface area (Å²) in [5.41, 5.74) is 1.26. The van der Waals surface area contributed by atoms with Crippen LogP contribution < -0.4 is 5.32 Å². The maximum Gasteiger partial charge on any atom is 0.0410 e. The third kappa shape index (κ3) is 2.83. The van der Waals surface area contributed by atoms with Gasteiger partial charge in [-0.3, -0.25) is 0 Å². The van der Waals surface area contributed by atoms with E-state index in [9.17, 15) is 0 Å². The van der Waals surface area contributed by atoms with Gasteiger partial charge in [0.2, 0.25) is 0 Å². The zero-order valence-electron chi connectivity index (χ0n) is 8.34. The SMILES string of the molecule is Clc1ccc(Br)c(C2CCC=CCN2)c1. The molecule has 1 aromatic carbocycles. The summed E-state index contributed by atoms with van der Waals surface area (Å²) in [4.78, 5) is 0. The fourth-order valence-electron chi connectivity index (χ4n) is 1.82. The van der Waals surface area contributed by atoms with Gasteiger partial charge in [0, 0.05) is 22.1 Å². The number of hydrogen-bond acceptors (Lipinski definition) is 1. The fourth-order valence-corrected chi connectivity index (χ4v) is 2.53. The molecule has 1 N–H and O–H groups in total. The van der Waals surface area contributed by atoms with E-state index < -0.39 is 0 Å². The maximum atomic E-state index is 6.01. The zero-order valence-corrected chi connectivity index (χ0v) is 10.7. The lowest BCUT2D eigenvalue weighted by Crippen LogP contribution is -2.20. The first-order valence-corrected chi connectivity index (χ1v) is 6.28. The highest BCUT2D eigenvalue weighted by Gasteiger charge is 2.14. The van der Waals surface area contributed by atoms with Crippen molar-refractivity contribution in [3.8, 4) is 0 Å². The summed E-state index contributed by atoms with van der Waals surface area (Å²) in [6.45, 7) is 0.934. The van der Waals surface area contributed by atoms with Gasteiger partial charge in [0.15, 0.2) is 0 Å².